The number of nitrogens with one attached hydrogen (secondary N) is 2. The molecule has 4 aromatic rings. The van der Waals surface area contributed by atoms with Gasteiger partial charge in [0.25, 0.3) is 5.91 Å². The minimum Gasteiger partial charge on any atom is -0.435 e. The van der Waals surface area contributed by atoms with Gasteiger partial charge in [0.05, 0.1) is 11.9 Å². The Morgan fingerprint density at radius 3 is 2.65 bits per heavy atom. The number of nitrogens with two attached hydrogens (primary N) is 1. The number of alkyl halides is 2. The Labute approximate surface area is 214 Å². The van der Waals surface area contributed by atoms with E-state index in [0.717, 1.165) is 22.5 Å². The van der Waals surface area contributed by atoms with E-state index in [1.807, 2.05) is 17.4 Å². The quantitative estimate of drug-likeness (QED) is 0.272. The lowest BCUT2D eigenvalue weighted by atomic mass is 10.1. The number of benzene rings is 2. The summed E-state index contributed by atoms with van der Waals surface area (Å²) in [5.41, 5.74) is 9.47. The largest absolute Gasteiger partial charge is 0.435 e. The van der Waals surface area contributed by atoms with Crippen LogP contribution >= 0.6 is 0 Å². The van der Waals surface area contributed by atoms with Crippen molar-refractivity contribution in [3.63, 3.8) is 0 Å². The fraction of sp³-hybridized carbons (Fsp3) is 0.240. The predicted octanol–water partition coefficient (Wildman–Crippen LogP) is 3.49. The fourth-order valence-corrected chi connectivity index (χ4v) is 4.56. The van der Waals surface area contributed by atoms with Crippen molar-refractivity contribution in [1.82, 2.24) is 19.7 Å². The number of nitrogens with zero attached hydrogens (tertiary/aromatic N) is 3. The van der Waals surface area contributed by atoms with Crippen LogP contribution in [0, 0.1) is 6.92 Å². The zero-order chi connectivity index (χ0) is 26.4. The molecule has 0 saturated heterocycles. The SMILES string of the molecule is Cc1cc(Nc2nccn3c(-c4ccc(OC(F)F)cc4)cnc23)ccc1C(=O)NCCS(=O)CCN. The third-order valence-corrected chi connectivity index (χ3v) is 6.85. The molecule has 12 heteroatoms. The number of carbonyl (C=O) groups is 1. The highest BCUT2D eigenvalue weighted by molar-refractivity contribution is 7.85. The Morgan fingerprint density at radius 1 is 1.16 bits per heavy atom. The van der Waals surface area contributed by atoms with Gasteiger partial charge in [0.2, 0.25) is 0 Å². The molecule has 194 valence electrons. The Bertz CT molecular complexity index is 1410. The monoisotopic (exact) mass is 528 g/mol. The second-order valence-electron chi connectivity index (χ2n) is 8.06. The minimum absolute atomic E-state index is 0.0747. The normalized spacial score (nSPS) is 12.0. The van der Waals surface area contributed by atoms with E-state index < -0.39 is 17.4 Å². The number of hydrogen-bond acceptors (Lipinski definition) is 7. The molecule has 2 aromatic carbocycles. The van der Waals surface area contributed by atoms with Gasteiger partial charge in [-0.3, -0.25) is 13.4 Å². The molecule has 4 rings (SSSR count). The molecule has 0 radical (unpaired) electrons. The molecule has 2 aromatic heterocycles. The van der Waals surface area contributed by atoms with E-state index in [9.17, 15) is 17.8 Å². The molecule has 0 bridgehead atoms. The molecule has 1 unspecified atom stereocenters. The molecule has 37 heavy (non-hydrogen) atoms. The van der Waals surface area contributed by atoms with Crippen molar-refractivity contribution < 1.29 is 22.5 Å². The molecule has 4 N–H and O–H groups in total. The molecule has 0 fully saturated rings. The van der Waals surface area contributed by atoms with Crippen LogP contribution in [0.5, 0.6) is 5.75 Å². The summed E-state index contributed by atoms with van der Waals surface area (Å²) in [4.78, 5) is 21.4. The van der Waals surface area contributed by atoms with E-state index in [-0.39, 0.29) is 11.7 Å². The van der Waals surface area contributed by atoms with E-state index in [1.54, 1.807) is 42.9 Å². The highest BCUT2D eigenvalue weighted by atomic mass is 32.2. The van der Waals surface area contributed by atoms with Gasteiger partial charge in [0, 0.05) is 64.6 Å². The molecular formula is C25H26F2N6O3S. The molecule has 0 aliphatic carbocycles. The molecule has 0 saturated carbocycles. The maximum atomic E-state index is 12.5. The van der Waals surface area contributed by atoms with Gasteiger partial charge in [-0.1, -0.05) is 0 Å². The van der Waals surface area contributed by atoms with E-state index in [2.05, 4.69) is 25.3 Å². The Hall–Kier alpha value is -3.90. The minimum atomic E-state index is -2.88. The first-order valence-corrected chi connectivity index (χ1v) is 12.9. The smallest absolute Gasteiger partial charge is 0.387 e. The van der Waals surface area contributed by atoms with Crippen LogP contribution in [0.1, 0.15) is 15.9 Å². The molecule has 1 atom stereocenters. The number of aromatic nitrogens is 3. The molecule has 0 spiro atoms. The van der Waals surface area contributed by atoms with Gasteiger partial charge in [-0.05, 0) is 55.0 Å². The van der Waals surface area contributed by atoms with Crippen molar-refractivity contribution in [3.05, 3.63) is 72.2 Å². The number of amides is 1. The Morgan fingerprint density at radius 2 is 1.95 bits per heavy atom. The van der Waals surface area contributed by atoms with E-state index in [1.165, 1.54) is 12.1 Å². The number of imidazole rings is 1. The number of hydrogen-bond donors (Lipinski definition) is 3. The first kappa shape index (κ1) is 26.2. The average Bonchev–Trinajstić information content (AvgIpc) is 3.29. The van der Waals surface area contributed by atoms with E-state index >= 15 is 0 Å². The molecule has 0 aliphatic rings. The average molecular weight is 529 g/mol. The number of halogens is 2. The fourth-order valence-electron chi connectivity index (χ4n) is 3.77. The Kier molecular flexibility index (Phi) is 8.41. The molecular weight excluding hydrogens is 502 g/mol. The summed E-state index contributed by atoms with van der Waals surface area (Å²) in [6.07, 6.45) is 5.05. The molecule has 1 amide bonds. The second kappa shape index (κ2) is 11.9. The molecule has 2 heterocycles. The van der Waals surface area contributed by atoms with Crippen molar-refractivity contribution in [1.29, 1.82) is 0 Å². The third-order valence-electron chi connectivity index (χ3n) is 5.50. The lowest BCUT2D eigenvalue weighted by Crippen LogP contribution is -2.29. The summed E-state index contributed by atoms with van der Waals surface area (Å²) in [5.74, 6) is 1.11. The van der Waals surface area contributed by atoms with Crippen LogP contribution < -0.4 is 21.1 Å². The first-order chi connectivity index (χ1) is 17.9. The summed E-state index contributed by atoms with van der Waals surface area (Å²) in [6.45, 7) is -0.397. The van der Waals surface area contributed by atoms with Crippen LogP contribution in [0.4, 0.5) is 20.3 Å². The van der Waals surface area contributed by atoms with Gasteiger partial charge < -0.3 is 21.1 Å². The van der Waals surface area contributed by atoms with Gasteiger partial charge in [-0.25, -0.2) is 9.97 Å². The van der Waals surface area contributed by atoms with Gasteiger partial charge in [0.1, 0.15) is 5.75 Å². The van der Waals surface area contributed by atoms with Crippen molar-refractivity contribution in [2.24, 2.45) is 5.73 Å². The van der Waals surface area contributed by atoms with Crippen LogP contribution in [-0.4, -0.2) is 55.7 Å². The zero-order valence-corrected chi connectivity index (χ0v) is 20.8. The number of ether oxygens (including phenoxy) is 1. The Balaban J connectivity index is 1.48. The summed E-state index contributed by atoms with van der Waals surface area (Å²) in [5, 5.41) is 6.03. The maximum Gasteiger partial charge on any atom is 0.387 e. The topological polar surface area (TPSA) is 124 Å². The van der Waals surface area contributed by atoms with Crippen molar-refractivity contribution in [2.45, 2.75) is 13.5 Å². The zero-order valence-electron chi connectivity index (χ0n) is 20.0. The van der Waals surface area contributed by atoms with Crippen molar-refractivity contribution in [2.75, 3.05) is 29.9 Å². The molecule has 0 aliphatic heterocycles. The van der Waals surface area contributed by atoms with Crippen LogP contribution in [0.25, 0.3) is 16.9 Å². The van der Waals surface area contributed by atoms with Gasteiger partial charge in [-0.2, -0.15) is 8.78 Å². The van der Waals surface area contributed by atoms with Crippen LogP contribution in [0.2, 0.25) is 0 Å². The van der Waals surface area contributed by atoms with Gasteiger partial charge in [-0.15, -0.1) is 0 Å². The van der Waals surface area contributed by atoms with Crippen LogP contribution in [0.15, 0.2) is 61.1 Å². The van der Waals surface area contributed by atoms with E-state index in [0.29, 0.717) is 41.6 Å². The van der Waals surface area contributed by atoms with Crippen molar-refractivity contribution >= 4 is 33.9 Å². The van der Waals surface area contributed by atoms with Gasteiger partial charge in [0.15, 0.2) is 11.5 Å². The first-order valence-electron chi connectivity index (χ1n) is 11.4. The number of aryl methyl sites for hydroxylation is 1. The van der Waals surface area contributed by atoms with Gasteiger partial charge >= 0.3 is 6.61 Å². The van der Waals surface area contributed by atoms with Crippen molar-refractivity contribution in [3.8, 4) is 17.0 Å². The third kappa shape index (κ3) is 6.46. The maximum absolute atomic E-state index is 12.5. The predicted molar refractivity (Wildman–Crippen MR) is 139 cm³/mol. The highest BCUT2D eigenvalue weighted by Gasteiger charge is 2.14. The van der Waals surface area contributed by atoms with Crippen LogP contribution in [-0.2, 0) is 10.8 Å². The summed E-state index contributed by atoms with van der Waals surface area (Å²) < 4.78 is 42.8. The van der Waals surface area contributed by atoms with Crippen LogP contribution in [0.3, 0.4) is 0 Å². The standard InChI is InChI=1S/C25H26F2N6O3S/c1-16-14-18(4-7-20(16)24(34)30-10-13-37(35)12-8-28)32-22-23-31-15-21(33(23)11-9-29-22)17-2-5-19(6-3-17)36-25(26)27/h2-7,9,11,14-15,25H,8,10,12-13,28H2,1H3,(H,29,32)(H,30,34). The second-order valence-corrected chi connectivity index (χ2v) is 9.76. The highest BCUT2D eigenvalue weighted by Crippen LogP contribution is 2.27. The number of carbonyl (C=O) groups excluding carboxylic acids is 1. The number of anilines is 2. The summed E-state index contributed by atoms with van der Waals surface area (Å²) >= 11 is 0. The number of fused-ring (bicyclic) bond motifs is 1. The summed E-state index contributed by atoms with van der Waals surface area (Å²) in [6, 6.07) is 11.6. The molecule has 9 nitrogen and oxygen atoms in total. The number of rotatable bonds is 11. The van der Waals surface area contributed by atoms with E-state index in [4.69, 9.17) is 5.73 Å². The summed E-state index contributed by atoms with van der Waals surface area (Å²) in [7, 11) is -1.05. The lowest BCUT2D eigenvalue weighted by Gasteiger charge is -2.11. The lowest BCUT2D eigenvalue weighted by molar-refractivity contribution is -0.0498.